The molecule has 3 saturated carbocycles. The molecule has 4 bridgehead atoms. The number of ketones is 1. The molecule has 0 heterocycles. The predicted molar refractivity (Wildman–Crippen MR) is 71.6 cm³/mol. The highest BCUT2D eigenvalue weighted by Crippen LogP contribution is 2.73. The first-order valence-corrected chi connectivity index (χ1v) is 7.28. The molecule has 3 rings (SSSR count). The summed E-state index contributed by atoms with van der Waals surface area (Å²) in [7, 11) is 0. The Morgan fingerprint density at radius 2 is 2.10 bits per heavy atom. The van der Waals surface area contributed by atoms with Gasteiger partial charge in [-0.05, 0) is 30.6 Å². The predicted octanol–water partition coefficient (Wildman–Crippen LogP) is 2.18. The Balaban J connectivity index is 2.16. The highest BCUT2D eigenvalue weighted by molar-refractivity contribution is 6.03. The zero-order valence-corrected chi connectivity index (χ0v) is 12.1. The third-order valence-electron chi connectivity index (χ3n) is 6.66. The van der Waals surface area contributed by atoms with Crippen LogP contribution in [0.2, 0.25) is 0 Å². The average molecular weight is 279 g/mol. The molecule has 0 aromatic heterocycles. The largest absolute Gasteiger partial charge is 0.481 e. The molecule has 5 heteroatoms. The van der Waals surface area contributed by atoms with E-state index in [-0.39, 0.29) is 29.0 Å². The van der Waals surface area contributed by atoms with E-state index >= 15 is 0 Å². The first-order valence-electron chi connectivity index (χ1n) is 7.28. The van der Waals surface area contributed by atoms with E-state index in [1.54, 1.807) is 6.92 Å². The quantitative estimate of drug-likeness (QED) is 0.599. The van der Waals surface area contributed by atoms with Crippen LogP contribution in [-0.2, 0) is 9.59 Å². The molecule has 0 amide bonds. The number of carboxylic acids is 1. The molecule has 3 fully saturated rings. The average Bonchev–Trinajstić information content (AvgIpc) is 2.74. The number of carbonyl (C=O) groups excluding carboxylic acids is 1. The molecule has 0 saturated heterocycles. The number of oxime groups is 1. The van der Waals surface area contributed by atoms with Gasteiger partial charge in [-0.3, -0.25) is 9.59 Å². The SMILES string of the molecule is C[C@@H]1/C(=N\O)C[C@H]2[C@@]3(C)CC[C@@]2([C@@H](C)C(=O)O)C(=O)[C@@H]13. The summed E-state index contributed by atoms with van der Waals surface area (Å²) in [5.41, 5.74) is -0.229. The van der Waals surface area contributed by atoms with E-state index in [1.165, 1.54) is 0 Å². The first-order chi connectivity index (χ1) is 9.30. The minimum atomic E-state index is -0.898. The Bertz CT molecular complexity index is 528. The molecule has 0 radical (unpaired) electrons. The molecular formula is C15H21NO4. The summed E-state index contributed by atoms with van der Waals surface area (Å²) < 4.78 is 0. The van der Waals surface area contributed by atoms with Crippen molar-refractivity contribution in [3.63, 3.8) is 0 Å². The summed E-state index contributed by atoms with van der Waals surface area (Å²) in [4.78, 5) is 24.5. The minimum absolute atomic E-state index is 0.000648. The van der Waals surface area contributed by atoms with Gasteiger partial charge in [0.15, 0.2) is 0 Å². The molecule has 2 N–H and O–H groups in total. The molecule has 0 aromatic rings. The van der Waals surface area contributed by atoms with Gasteiger partial charge in [-0.1, -0.05) is 25.9 Å². The fraction of sp³-hybridized carbons (Fsp3) is 0.800. The summed E-state index contributed by atoms with van der Waals surface area (Å²) in [6.45, 7) is 5.71. The molecule has 0 unspecified atom stereocenters. The topological polar surface area (TPSA) is 87.0 Å². The van der Waals surface area contributed by atoms with E-state index in [0.29, 0.717) is 18.6 Å². The fourth-order valence-electron chi connectivity index (χ4n) is 5.55. The lowest BCUT2D eigenvalue weighted by molar-refractivity contribution is -0.152. The number of nitrogens with zero attached hydrogens (tertiary/aromatic N) is 1. The van der Waals surface area contributed by atoms with Crippen molar-refractivity contribution in [1.29, 1.82) is 0 Å². The molecule has 0 spiro atoms. The number of rotatable bonds is 2. The highest BCUT2D eigenvalue weighted by Gasteiger charge is 2.75. The number of aliphatic carboxylic acids is 1. The van der Waals surface area contributed by atoms with Gasteiger partial charge in [-0.2, -0.15) is 0 Å². The van der Waals surface area contributed by atoms with Crippen molar-refractivity contribution in [3.8, 4) is 0 Å². The van der Waals surface area contributed by atoms with Gasteiger partial charge in [-0.25, -0.2) is 0 Å². The van der Waals surface area contributed by atoms with Crippen LogP contribution in [0.15, 0.2) is 5.16 Å². The minimum Gasteiger partial charge on any atom is -0.481 e. The summed E-state index contributed by atoms with van der Waals surface area (Å²) in [6.07, 6.45) is 2.10. The lowest BCUT2D eigenvalue weighted by Crippen LogP contribution is -2.43. The van der Waals surface area contributed by atoms with Crippen LogP contribution in [0, 0.1) is 34.5 Å². The lowest BCUT2D eigenvalue weighted by Gasteiger charge is -2.41. The second kappa shape index (κ2) is 3.83. The maximum absolute atomic E-state index is 13.0. The van der Waals surface area contributed by atoms with Gasteiger partial charge >= 0.3 is 5.97 Å². The number of hydrogen-bond donors (Lipinski definition) is 2. The molecule has 0 aliphatic heterocycles. The van der Waals surface area contributed by atoms with Crippen LogP contribution in [0.1, 0.15) is 40.0 Å². The van der Waals surface area contributed by atoms with Gasteiger partial charge in [0.25, 0.3) is 0 Å². The van der Waals surface area contributed by atoms with Crippen LogP contribution in [0.25, 0.3) is 0 Å². The number of carbonyl (C=O) groups is 2. The van der Waals surface area contributed by atoms with Crippen LogP contribution in [0.4, 0.5) is 0 Å². The summed E-state index contributed by atoms with van der Waals surface area (Å²) in [5.74, 6) is -1.75. The second-order valence-corrected chi connectivity index (χ2v) is 7.08. The fourth-order valence-corrected chi connectivity index (χ4v) is 5.55. The van der Waals surface area contributed by atoms with Crippen molar-refractivity contribution in [3.05, 3.63) is 0 Å². The third kappa shape index (κ3) is 1.22. The van der Waals surface area contributed by atoms with Gasteiger partial charge in [0.05, 0.1) is 11.6 Å². The Morgan fingerprint density at radius 1 is 1.45 bits per heavy atom. The van der Waals surface area contributed by atoms with Crippen LogP contribution in [0.3, 0.4) is 0 Å². The molecule has 6 atom stereocenters. The monoisotopic (exact) mass is 279 g/mol. The van der Waals surface area contributed by atoms with Crippen molar-refractivity contribution >= 4 is 17.5 Å². The molecular weight excluding hydrogens is 258 g/mol. The molecule has 110 valence electrons. The Kier molecular flexibility index (Phi) is 2.60. The molecule has 3 aliphatic carbocycles. The smallest absolute Gasteiger partial charge is 0.307 e. The Labute approximate surface area is 118 Å². The highest BCUT2D eigenvalue weighted by atomic mass is 16.4. The number of carboxylic acid groups (broad SMARTS) is 1. The van der Waals surface area contributed by atoms with E-state index < -0.39 is 17.3 Å². The third-order valence-corrected chi connectivity index (χ3v) is 6.66. The van der Waals surface area contributed by atoms with Gasteiger partial charge < -0.3 is 10.3 Å². The molecule has 0 aromatic carbocycles. The second-order valence-electron chi connectivity index (χ2n) is 7.08. The first kappa shape index (κ1) is 13.6. The summed E-state index contributed by atoms with van der Waals surface area (Å²) >= 11 is 0. The van der Waals surface area contributed by atoms with Crippen LogP contribution in [0.5, 0.6) is 0 Å². The van der Waals surface area contributed by atoms with E-state index in [9.17, 15) is 19.9 Å². The molecule has 5 nitrogen and oxygen atoms in total. The van der Waals surface area contributed by atoms with Gasteiger partial charge in [-0.15, -0.1) is 0 Å². The standard InChI is InChI=1S/C15H21NO4/c1-7-9(16-20)6-10-14(3)4-5-15(10,8(2)13(18)19)12(17)11(7)14/h7-8,10-11,20H,4-6H2,1-3H3,(H,18,19)/b16-9-/t7-,8+,10+,11-,14-,15+/m1/s1. The van der Waals surface area contributed by atoms with E-state index in [2.05, 4.69) is 12.1 Å². The van der Waals surface area contributed by atoms with Crippen molar-refractivity contribution in [1.82, 2.24) is 0 Å². The van der Waals surface area contributed by atoms with Crippen LogP contribution in [-0.4, -0.2) is 27.8 Å². The maximum Gasteiger partial charge on any atom is 0.307 e. The number of hydrogen-bond acceptors (Lipinski definition) is 4. The zero-order chi connectivity index (χ0) is 14.9. The van der Waals surface area contributed by atoms with Gasteiger partial charge in [0, 0.05) is 17.3 Å². The normalized spacial score (nSPS) is 49.6. The molecule has 3 aliphatic rings. The van der Waals surface area contributed by atoms with Crippen molar-refractivity contribution in [2.75, 3.05) is 0 Å². The van der Waals surface area contributed by atoms with Gasteiger partial charge in [0.1, 0.15) is 5.78 Å². The van der Waals surface area contributed by atoms with Crippen molar-refractivity contribution in [2.24, 2.45) is 39.7 Å². The summed E-state index contributed by atoms with van der Waals surface area (Å²) in [6, 6.07) is 0. The van der Waals surface area contributed by atoms with E-state index in [4.69, 9.17) is 0 Å². The van der Waals surface area contributed by atoms with Crippen LogP contribution >= 0.6 is 0 Å². The number of Topliss-reactive ketones (excluding diaryl/α,β-unsaturated/α-hetero) is 1. The molecule has 20 heavy (non-hydrogen) atoms. The maximum atomic E-state index is 13.0. The van der Waals surface area contributed by atoms with Crippen molar-refractivity contribution in [2.45, 2.75) is 40.0 Å². The van der Waals surface area contributed by atoms with E-state index in [0.717, 1.165) is 6.42 Å². The van der Waals surface area contributed by atoms with E-state index in [1.807, 2.05) is 6.92 Å². The van der Waals surface area contributed by atoms with Crippen molar-refractivity contribution < 1.29 is 19.9 Å². The Morgan fingerprint density at radius 3 is 2.65 bits per heavy atom. The zero-order valence-electron chi connectivity index (χ0n) is 12.1. The summed E-state index contributed by atoms with van der Waals surface area (Å²) in [5, 5.41) is 22.0. The Hall–Kier alpha value is -1.39. The van der Waals surface area contributed by atoms with Gasteiger partial charge in [0.2, 0.25) is 0 Å². The van der Waals surface area contributed by atoms with Crippen LogP contribution < -0.4 is 0 Å². The lowest BCUT2D eigenvalue weighted by atomic mass is 9.61.